The van der Waals surface area contributed by atoms with E-state index in [4.69, 9.17) is 0 Å². The van der Waals surface area contributed by atoms with Gasteiger partial charge in [-0.05, 0) is 44.6 Å². The smallest absolute Gasteiger partial charge is 0.251 e. The molecule has 0 amide bonds. The second kappa shape index (κ2) is 6.85. The van der Waals surface area contributed by atoms with Crippen molar-refractivity contribution >= 4 is 10.0 Å². The molecule has 0 radical (unpaired) electrons. The van der Waals surface area contributed by atoms with Gasteiger partial charge in [-0.1, -0.05) is 6.07 Å². The van der Waals surface area contributed by atoms with E-state index in [1.807, 2.05) is 24.7 Å². The van der Waals surface area contributed by atoms with Crippen LogP contribution >= 0.6 is 0 Å². The zero-order chi connectivity index (χ0) is 19.2. The Kier molecular flexibility index (Phi) is 4.65. The zero-order valence-corrected chi connectivity index (χ0v) is 16.3. The van der Waals surface area contributed by atoms with Crippen molar-refractivity contribution < 1.29 is 8.42 Å². The summed E-state index contributed by atoms with van der Waals surface area (Å²) in [5.41, 5.74) is 0.939. The SMILES string of the molecule is CN(C)C[C@H]1[C@H]2C[C@H](CN(S(=O)(=O)c3cccnc3)C2)c2cccc(=O)n21. The summed E-state index contributed by atoms with van der Waals surface area (Å²) in [5, 5.41) is 0. The van der Waals surface area contributed by atoms with Gasteiger partial charge in [0.2, 0.25) is 10.0 Å². The second-order valence-corrected chi connectivity index (χ2v) is 9.63. The van der Waals surface area contributed by atoms with Crippen molar-refractivity contribution in [2.75, 3.05) is 33.7 Å². The molecule has 0 aromatic carbocycles. The third kappa shape index (κ3) is 3.22. The minimum atomic E-state index is -3.60. The van der Waals surface area contributed by atoms with Crippen LogP contribution in [0.25, 0.3) is 0 Å². The predicted octanol–water partition coefficient (Wildman–Crippen LogP) is 1.15. The highest BCUT2D eigenvalue weighted by Crippen LogP contribution is 2.42. The van der Waals surface area contributed by atoms with Crippen molar-refractivity contribution in [3.63, 3.8) is 0 Å². The number of likely N-dealkylation sites (N-methyl/N-ethyl adjacent to an activating group) is 1. The number of aromatic nitrogens is 2. The quantitative estimate of drug-likeness (QED) is 0.786. The van der Waals surface area contributed by atoms with Gasteiger partial charge in [-0.3, -0.25) is 9.78 Å². The fourth-order valence-corrected chi connectivity index (χ4v) is 5.96. The number of hydrogen-bond acceptors (Lipinski definition) is 5. The molecule has 4 rings (SSSR count). The Morgan fingerprint density at radius 1 is 1.19 bits per heavy atom. The van der Waals surface area contributed by atoms with Crippen LogP contribution in [0.2, 0.25) is 0 Å². The summed E-state index contributed by atoms with van der Waals surface area (Å²) in [4.78, 5) is 18.8. The Balaban J connectivity index is 1.75. The maximum Gasteiger partial charge on any atom is 0.251 e. The van der Waals surface area contributed by atoms with Crippen LogP contribution in [0.3, 0.4) is 0 Å². The molecule has 0 saturated carbocycles. The molecule has 2 aliphatic rings. The number of sulfonamides is 1. The van der Waals surface area contributed by atoms with E-state index in [0.29, 0.717) is 19.6 Å². The van der Waals surface area contributed by atoms with E-state index >= 15 is 0 Å². The Hall–Kier alpha value is -2.03. The third-order valence-electron chi connectivity index (χ3n) is 5.59. The van der Waals surface area contributed by atoms with E-state index in [-0.39, 0.29) is 28.3 Å². The average Bonchev–Trinajstić information content (AvgIpc) is 2.65. The molecule has 0 spiro atoms. The predicted molar refractivity (Wildman–Crippen MR) is 102 cm³/mol. The van der Waals surface area contributed by atoms with Crippen LogP contribution in [0.1, 0.15) is 24.1 Å². The molecular formula is C19H24N4O3S. The Morgan fingerprint density at radius 3 is 2.70 bits per heavy atom. The van der Waals surface area contributed by atoms with Gasteiger partial charge in [0, 0.05) is 49.7 Å². The molecule has 8 heteroatoms. The topological polar surface area (TPSA) is 75.5 Å². The van der Waals surface area contributed by atoms with Crippen molar-refractivity contribution in [1.82, 2.24) is 18.8 Å². The molecular weight excluding hydrogens is 364 g/mol. The number of nitrogens with zero attached hydrogens (tertiary/aromatic N) is 4. The summed E-state index contributed by atoms with van der Waals surface area (Å²) in [6.45, 7) is 1.52. The van der Waals surface area contributed by atoms with Gasteiger partial charge in [-0.15, -0.1) is 0 Å². The summed E-state index contributed by atoms with van der Waals surface area (Å²) in [6, 6.07) is 8.52. The van der Waals surface area contributed by atoms with Crippen molar-refractivity contribution in [3.05, 3.63) is 58.8 Å². The highest BCUT2D eigenvalue weighted by molar-refractivity contribution is 7.89. The van der Waals surface area contributed by atoms with Crippen LogP contribution in [0.5, 0.6) is 0 Å². The molecule has 7 nitrogen and oxygen atoms in total. The lowest BCUT2D eigenvalue weighted by Gasteiger charge is -2.47. The molecule has 0 aliphatic carbocycles. The molecule has 0 N–H and O–H groups in total. The maximum atomic E-state index is 13.1. The van der Waals surface area contributed by atoms with Crippen molar-refractivity contribution in [1.29, 1.82) is 0 Å². The highest BCUT2D eigenvalue weighted by Gasteiger charge is 2.44. The van der Waals surface area contributed by atoms with Gasteiger partial charge < -0.3 is 9.47 Å². The standard InChI is InChI=1S/C19H24N4O3S/c1-21(2)13-18-15-9-14(17-6-3-7-19(24)23(17)18)11-22(12-15)27(25,26)16-5-4-8-20-10-16/h3-8,10,14-15,18H,9,11-13H2,1-2H3/t14-,15+,18+/m1/s1. The number of hydrogen-bond donors (Lipinski definition) is 0. The van der Waals surface area contributed by atoms with E-state index in [0.717, 1.165) is 12.1 Å². The number of pyridine rings is 2. The molecule has 1 fully saturated rings. The van der Waals surface area contributed by atoms with Crippen LogP contribution < -0.4 is 5.56 Å². The number of piperidine rings is 1. The molecule has 4 heterocycles. The molecule has 2 aliphatic heterocycles. The van der Waals surface area contributed by atoms with Gasteiger partial charge in [0.15, 0.2) is 0 Å². The Labute approximate surface area is 159 Å². The van der Waals surface area contributed by atoms with Gasteiger partial charge in [-0.25, -0.2) is 8.42 Å². The lowest BCUT2D eigenvalue weighted by Crippen LogP contribution is -2.52. The fourth-order valence-electron chi connectivity index (χ4n) is 4.45. The van der Waals surface area contributed by atoms with E-state index in [1.165, 1.54) is 6.20 Å². The summed E-state index contributed by atoms with van der Waals surface area (Å²) in [7, 11) is 0.359. The Bertz CT molecular complexity index is 988. The van der Waals surface area contributed by atoms with Gasteiger partial charge in [-0.2, -0.15) is 4.31 Å². The van der Waals surface area contributed by atoms with E-state index in [9.17, 15) is 13.2 Å². The normalized spacial score (nSPS) is 25.4. The van der Waals surface area contributed by atoms with Gasteiger partial charge in [0.1, 0.15) is 4.90 Å². The molecule has 2 bridgehead atoms. The second-order valence-electron chi connectivity index (χ2n) is 7.69. The first-order valence-corrected chi connectivity index (χ1v) is 10.6. The zero-order valence-electron chi connectivity index (χ0n) is 15.5. The summed E-state index contributed by atoms with van der Waals surface area (Å²) < 4.78 is 29.7. The molecule has 2 aromatic heterocycles. The molecule has 3 atom stereocenters. The van der Waals surface area contributed by atoms with Crippen LogP contribution in [-0.4, -0.2) is 60.9 Å². The first kappa shape index (κ1) is 18.3. The largest absolute Gasteiger partial charge is 0.308 e. The van der Waals surface area contributed by atoms with Gasteiger partial charge >= 0.3 is 0 Å². The van der Waals surface area contributed by atoms with E-state index in [2.05, 4.69) is 9.88 Å². The highest BCUT2D eigenvalue weighted by atomic mass is 32.2. The van der Waals surface area contributed by atoms with Crippen LogP contribution in [0.15, 0.2) is 52.4 Å². The molecule has 2 aromatic rings. The van der Waals surface area contributed by atoms with Crippen LogP contribution in [-0.2, 0) is 10.0 Å². The monoisotopic (exact) mass is 388 g/mol. The summed E-state index contributed by atoms with van der Waals surface area (Å²) >= 11 is 0. The minimum absolute atomic E-state index is 0.00221. The molecule has 27 heavy (non-hydrogen) atoms. The first-order chi connectivity index (χ1) is 12.9. The van der Waals surface area contributed by atoms with Gasteiger partial charge in [0.25, 0.3) is 5.56 Å². The van der Waals surface area contributed by atoms with Crippen molar-refractivity contribution in [3.8, 4) is 0 Å². The lowest BCUT2D eigenvalue weighted by molar-refractivity contribution is 0.122. The number of fused-ring (bicyclic) bond motifs is 4. The third-order valence-corrected chi connectivity index (χ3v) is 7.40. The van der Waals surface area contributed by atoms with Crippen LogP contribution in [0.4, 0.5) is 0 Å². The number of rotatable bonds is 4. The minimum Gasteiger partial charge on any atom is -0.308 e. The van der Waals surface area contributed by atoms with Crippen LogP contribution in [0, 0.1) is 5.92 Å². The Morgan fingerprint density at radius 2 is 2.00 bits per heavy atom. The molecule has 1 saturated heterocycles. The molecule has 144 valence electrons. The van der Waals surface area contributed by atoms with Crippen molar-refractivity contribution in [2.24, 2.45) is 5.92 Å². The summed E-state index contributed by atoms with van der Waals surface area (Å²) in [6.07, 6.45) is 3.87. The van der Waals surface area contributed by atoms with E-state index < -0.39 is 10.0 Å². The molecule has 0 unspecified atom stereocenters. The first-order valence-electron chi connectivity index (χ1n) is 9.14. The fraction of sp³-hybridized carbons (Fsp3) is 0.474. The average molecular weight is 388 g/mol. The van der Waals surface area contributed by atoms with Gasteiger partial charge in [0.05, 0.1) is 6.04 Å². The summed E-state index contributed by atoms with van der Waals surface area (Å²) in [5.74, 6) is 0.132. The maximum absolute atomic E-state index is 13.1. The van der Waals surface area contributed by atoms with Crippen molar-refractivity contribution in [2.45, 2.75) is 23.3 Å². The van der Waals surface area contributed by atoms with E-state index in [1.54, 1.807) is 34.8 Å². The lowest BCUT2D eigenvalue weighted by atomic mass is 9.79.